The van der Waals surface area contributed by atoms with E-state index in [1.54, 1.807) is 0 Å². The van der Waals surface area contributed by atoms with Crippen LogP contribution in [0.3, 0.4) is 0 Å². The maximum absolute atomic E-state index is 2.52. The standard InChI is InChI=1S/C13H29N/c1-9-11(4)12(13(5,6)7)14(8)10(2)3/h10-12H,9H2,1-8H3/t11-,12-/m0/s1. The molecule has 86 valence electrons. The Morgan fingerprint density at radius 2 is 1.50 bits per heavy atom. The van der Waals surface area contributed by atoms with Gasteiger partial charge in [-0.3, -0.25) is 0 Å². The second-order valence-electron chi connectivity index (χ2n) is 5.96. The van der Waals surface area contributed by atoms with Crippen LogP contribution in [0.4, 0.5) is 0 Å². The molecule has 0 aliphatic rings. The van der Waals surface area contributed by atoms with Gasteiger partial charge >= 0.3 is 0 Å². The number of nitrogens with zero attached hydrogens (tertiary/aromatic N) is 1. The minimum absolute atomic E-state index is 0.369. The van der Waals surface area contributed by atoms with E-state index < -0.39 is 0 Å². The molecule has 0 aromatic rings. The molecule has 0 heterocycles. The van der Waals surface area contributed by atoms with Crippen LogP contribution in [0.5, 0.6) is 0 Å². The first kappa shape index (κ1) is 14.0. The molecule has 1 heteroatoms. The summed E-state index contributed by atoms with van der Waals surface area (Å²) < 4.78 is 0. The second kappa shape index (κ2) is 5.16. The highest BCUT2D eigenvalue weighted by molar-refractivity contribution is 4.86. The molecular weight excluding hydrogens is 170 g/mol. The number of hydrogen-bond acceptors (Lipinski definition) is 1. The normalized spacial score (nSPS) is 17.6. The Bertz CT molecular complexity index is 155. The Labute approximate surface area is 90.9 Å². The SMILES string of the molecule is CC[C@H](C)[C@H](N(C)C(C)C)C(C)(C)C. The van der Waals surface area contributed by atoms with Gasteiger partial charge in [0.15, 0.2) is 0 Å². The van der Waals surface area contributed by atoms with Crippen molar-refractivity contribution in [3.63, 3.8) is 0 Å². The van der Waals surface area contributed by atoms with Gasteiger partial charge in [-0.05, 0) is 32.2 Å². The molecule has 0 rings (SSSR count). The number of rotatable bonds is 4. The van der Waals surface area contributed by atoms with Crippen molar-refractivity contribution in [2.45, 2.75) is 67.0 Å². The Hall–Kier alpha value is -0.0400. The highest BCUT2D eigenvalue weighted by Gasteiger charge is 2.32. The van der Waals surface area contributed by atoms with E-state index in [1.165, 1.54) is 6.42 Å². The van der Waals surface area contributed by atoms with Gasteiger partial charge in [0.05, 0.1) is 0 Å². The predicted octanol–water partition coefficient (Wildman–Crippen LogP) is 3.79. The van der Waals surface area contributed by atoms with Gasteiger partial charge in [0.1, 0.15) is 0 Å². The van der Waals surface area contributed by atoms with Crippen LogP contribution < -0.4 is 0 Å². The van der Waals surface area contributed by atoms with Gasteiger partial charge in [-0.1, -0.05) is 41.0 Å². The number of hydrogen-bond donors (Lipinski definition) is 0. The molecule has 0 aliphatic carbocycles. The molecule has 0 radical (unpaired) electrons. The minimum atomic E-state index is 0.369. The molecule has 0 saturated heterocycles. The highest BCUT2D eigenvalue weighted by atomic mass is 15.2. The lowest BCUT2D eigenvalue weighted by atomic mass is 9.77. The van der Waals surface area contributed by atoms with Crippen LogP contribution in [0.15, 0.2) is 0 Å². The fourth-order valence-electron chi connectivity index (χ4n) is 2.41. The van der Waals surface area contributed by atoms with E-state index in [0.717, 1.165) is 5.92 Å². The van der Waals surface area contributed by atoms with E-state index >= 15 is 0 Å². The molecule has 0 fully saturated rings. The minimum Gasteiger partial charge on any atom is -0.300 e. The van der Waals surface area contributed by atoms with Crippen LogP contribution in [0.1, 0.15) is 54.9 Å². The second-order valence-corrected chi connectivity index (χ2v) is 5.96. The van der Waals surface area contributed by atoms with Crippen molar-refractivity contribution in [2.24, 2.45) is 11.3 Å². The first-order chi connectivity index (χ1) is 6.21. The fraction of sp³-hybridized carbons (Fsp3) is 1.00. The van der Waals surface area contributed by atoms with Gasteiger partial charge in [-0.2, -0.15) is 0 Å². The summed E-state index contributed by atoms with van der Waals surface area (Å²) in [6.07, 6.45) is 1.26. The maximum atomic E-state index is 2.52. The topological polar surface area (TPSA) is 3.24 Å². The molecule has 0 saturated carbocycles. The smallest absolute Gasteiger partial charge is 0.0169 e. The summed E-state index contributed by atoms with van der Waals surface area (Å²) in [7, 11) is 2.26. The summed E-state index contributed by atoms with van der Waals surface area (Å²) >= 11 is 0. The van der Waals surface area contributed by atoms with Crippen molar-refractivity contribution < 1.29 is 0 Å². The van der Waals surface area contributed by atoms with Gasteiger partial charge in [0.2, 0.25) is 0 Å². The summed E-state index contributed by atoms with van der Waals surface area (Å²) in [4.78, 5) is 2.52. The third-order valence-electron chi connectivity index (χ3n) is 3.32. The van der Waals surface area contributed by atoms with Crippen LogP contribution >= 0.6 is 0 Å². The molecule has 1 nitrogen and oxygen atoms in total. The van der Waals surface area contributed by atoms with E-state index in [-0.39, 0.29) is 0 Å². The van der Waals surface area contributed by atoms with E-state index in [0.29, 0.717) is 17.5 Å². The Morgan fingerprint density at radius 1 is 1.07 bits per heavy atom. The van der Waals surface area contributed by atoms with E-state index in [2.05, 4.69) is 60.4 Å². The van der Waals surface area contributed by atoms with Crippen molar-refractivity contribution in [1.82, 2.24) is 4.90 Å². The van der Waals surface area contributed by atoms with Gasteiger partial charge in [-0.15, -0.1) is 0 Å². The summed E-state index contributed by atoms with van der Waals surface area (Å²) in [5, 5.41) is 0. The van der Waals surface area contributed by atoms with E-state index in [9.17, 15) is 0 Å². The maximum Gasteiger partial charge on any atom is 0.0169 e. The Balaban J connectivity index is 4.73. The Kier molecular flexibility index (Phi) is 5.14. The molecular formula is C13H29N. The zero-order valence-electron chi connectivity index (χ0n) is 11.4. The van der Waals surface area contributed by atoms with Gasteiger partial charge in [0, 0.05) is 12.1 Å². The largest absolute Gasteiger partial charge is 0.300 e. The van der Waals surface area contributed by atoms with E-state index in [1.807, 2.05) is 0 Å². The van der Waals surface area contributed by atoms with Gasteiger partial charge < -0.3 is 4.90 Å². The molecule has 0 bridgehead atoms. The molecule has 0 amide bonds. The summed E-state index contributed by atoms with van der Waals surface area (Å²) in [5.41, 5.74) is 0.369. The van der Waals surface area contributed by atoms with Crippen LogP contribution in [-0.2, 0) is 0 Å². The van der Waals surface area contributed by atoms with Crippen molar-refractivity contribution in [1.29, 1.82) is 0 Å². The monoisotopic (exact) mass is 199 g/mol. The summed E-state index contributed by atoms with van der Waals surface area (Å²) in [5.74, 6) is 0.766. The molecule has 0 aromatic heterocycles. The lowest BCUT2D eigenvalue weighted by Crippen LogP contribution is -2.48. The van der Waals surface area contributed by atoms with Gasteiger partial charge in [-0.25, -0.2) is 0 Å². The molecule has 0 N–H and O–H groups in total. The average molecular weight is 199 g/mol. The fourth-order valence-corrected chi connectivity index (χ4v) is 2.41. The predicted molar refractivity (Wildman–Crippen MR) is 65.6 cm³/mol. The zero-order chi connectivity index (χ0) is 11.5. The highest BCUT2D eigenvalue weighted by Crippen LogP contribution is 2.31. The van der Waals surface area contributed by atoms with Crippen molar-refractivity contribution in [3.05, 3.63) is 0 Å². The average Bonchev–Trinajstić information content (AvgIpc) is 2.01. The lowest BCUT2D eigenvalue weighted by Gasteiger charge is -2.44. The Morgan fingerprint density at radius 3 is 1.71 bits per heavy atom. The van der Waals surface area contributed by atoms with Gasteiger partial charge in [0.25, 0.3) is 0 Å². The third-order valence-corrected chi connectivity index (χ3v) is 3.32. The molecule has 2 atom stereocenters. The summed E-state index contributed by atoms with van der Waals surface area (Å²) in [6, 6.07) is 1.31. The molecule has 0 spiro atoms. The van der Waals surface area contributed by atoms with Crippen molar-refractivity contribution >= 4 is 0 Å². The lowest BCUT2D eigenvalue weighted by molar-refractivity contribution is 0.0543. The summed E-state index contributed by atoms with van der Waals surface area (Å²) in [6.45, 7) is 16.3. The zero-order valence-corrected chi connectivity index (χ0v) is 11.4. The quantitative estimate of drug-likeness (QED) is 0.666. The first-order valence-electron chi connectivity index (χ1n) is 5.93. The molecule has 0 aliphatic heterocycles. The van der Waals surface area contributed by atoms with Crippen LogP contribution in [0, 0.1) is 11.3 Å². The van der Waals surface area contributed by atoms with Crippen molar-refractivity contribution in [3.8, 4) is 0 Å². The molecule has 14 heavy (non-hydrogen) atoms. The molecule has 0 aromatic carbocycles. The van der Waals surface area contributed by atoms with Crippen LogP contribution in [-0.4, -0.2) is 24.0 Å². The molecule has 0 unspecified atom stereocenters. The third kappa shape index (κ3) is 3.61. The van der Waals surface area contributed by atoms with Crippen molar-refractivity contribution in [2.75, 3.05) is 7.05 Å². The van der Waals surface area contributed by atoms with Crippen LogP contribution in [0.2, 0.25) is 0 Å². The van der Waals surface area contributed by atoms with Crippen LogP contribution in [0.25, 0.3) is 0 Å². The first-order valence-corrected chi connectivity index (χ1v) is 5.93. The van der Waals surface area contributed by atoms with E-state index in [4.69, 9.17) is 0 Å².